The van der Waals surface area contributed by atoms with Crippen LogP contribution in [-0.4, -0.2) is 32.1 Å². The van der Waals surface area contributed by atoms with Crippen molar-refractivity contribution in [2.45, 2.75) is 32.1 Å². The van der Waals surface area contributed by atoms with Crippen molar-refractivity contribution >= 4 is 35.1 Å². The Labute approximate surface area is 146 Å². The van der Waals surface area contributed by atoms with Crippen LogP contribution in [0.1, 0.15) is 32.1 Å². The van der Waals surface area contributed by atoms with Crippen LogP contribution in [0.4, 0.5) is 0 Å². The molecule has 0 atom stereocenters. The SMILES string of the molecule is COC(=O)CCCCNC(=O)CCCOc1ccc(Cl)cc1Cl. The highest BCUT2D eigenvalue weighted by atomic mass is 35.5. The Morgan fingerprint density at radius 1 is 1.13 bits per heavy atom. The molecule has 0 aliphatic heterocycles. The molecule has 1 rings (SSSR count). The van der Waals surface area contributed by atoms with Crippen LogP contribution in [0.3, 0.4) is 0 Å². The molecule has 1 aromatic carbocycles. The average Bonchev–Trinajstić information content (AvgIpc) is 2.52. The average molecular weight is 362 g/mol. The van der Waals surface area contributed by atoms with Gasteiger partial charge in [-0.1, -0.05) is 23.2 Å². The smallest absolute Gasteiger partial charge is 0.305 e. The standard InChI is InChI=1S/C16H21Cl2NO4/c1-22-16(21)6-2-3-9-19-15(20)5-4-10-23-14-8-7-12(17)11-13(14)18/h7-8,11H,2-6,9-10H2,1H3,(H,19,20). The van der Waals surface area contributed by atoms with E-state index in [9.17, 15) is 9.59 Å². The van der Waals surface area contributed by atoms with Crippen molar-refractivity contribution in [2.24, 2.45) is 0 Å². The topological polar surface area (TPSA) is 64.6 Å². The zero-order chi connectivity index (χ0) is 17.1. The van der Waals surface area contributed by atoms with Crippen LogP contribution < -0.4 is 10.1 Å². The van der Waals surface area contributed by atoms with Gasteiger partial charge >= 0.3 is 5.97 Å². The minimum absolute atomic E-state index is 0.0335. The van der Waals surface area contributed by atoms with Crippen molar-refractivity contribution in [3.63, 3.8) is 0 Å². The number of carbonyl (C=O) groups excluding carboxylic acids is 2. The predicted octanol–water partition coefficient (Wildman–Crippen LogP) is 3.61. The zero-order valence-corrected chi connectivity index (χ0v) is 14.6. The summed E-state index contributed by atoms with van der Waals surface area (Å²) in [5.41, 5.74) is 0. The van der Waals surface area contributed by atoms with Gasteiger partial charge in [0.1, 0.15) is 5.75 Å². The van der Waals surface area contributed by atoms with Gasteiger partial charge in [-0.2, -0.15) is 0 Å². The maximum atomic E-state index is 11.6. The molecule has 0 fully saturated rings. The lowest BCUT2D eigenvalue weighted by atomic mass is 10.2. The first-order valence-corrected chi connectivity index (χ1v) is 8.20. The quantitative estimate of drug-likeness (QED) is 0.510. The minimum Gasteiger partial charge on any atom is -0.492 e. The highest BCUT2D eigenvalue weighted by Crippen LogP contribution is 2.27. The molecule has 0 aliphatic rings. The third-order valence-electron chi connectivity index (χ3n) is 3.06. The van der Waals surface area contributed by atoms with Gasteiger partial charge in [-0.05, 0) is 37.5 Å². The van der Waals surface area contributed by atoms with Gasteiger partial charge in [0.2, 0.25) is 5.91 Å². The molecule has 1 N–H and O–H groups in total. The summed E-state index contributed by atoms with van der Waals surface area (Å²) in [6, 6.07) is 5.01. The van der Waals surface area contributed by atoms with E-state index in [1.54, 1.807) is 18.2 Å². The van der Waals surface area contributed by atoms with Gasteiger partial charge in [-0.3, -0.25) is 9.59 Å². The van der Waals surface area contributed by atoms with Gasteiger partial charge in [0.05, 0.1) is 18.7 Å². The molecule has 1 amide bonds. The number of amides is 1. The molecule has 0 radical (unpaired) electrons. The minimum atomic E-state index is -0.227. The first-order chi connectivity index (χ1) is 11.0. The summed E-state index contributed by atoms with van der Waals surface area (Å²) in [6.45, 7) is 0.955. The molecule has 1 aromatic rings. The number of ether oxygens (including phenoxy) is 2. The monoisotopic (exact) mass is 361 g/mol. The fraction of sp³-hybridized carbons (Fsp3) is 0.500. The molecule has 23 heavy (non-hydrogen) atoms. The molecule has 0 heterocycles. The molecule has 0 spiro atoms. The van der Waals surface area contributed by atoms with Crippen LogP contribution in [0.15, 0.2) is 18.2 Å². The number of rotatable bonds is 10. The van der Waals surface area contributed by atoms with E-state index in [0.29, 0.717) is 54.6 Å². The summed E-state index contributed by atoms with van der Waals surface area (Å²) in [5, 5.41) is 3.80. The number of methoxy groups -OCH3 is 1. The summed E-state index contributed by atoms with van der Waals surface area (Å²) < 4.78 is 10.0. The van der Waals surface area contributed by atoms with E-state index < -0.39 is 0 Å². The Kier molecular flexibility index (Phi) is 9.48. The number of nitrogens with one attached hydrogen (secondary N) is 1. The number of hydrogen-bond acceptors (Lipinski definition) is 4. The van der Waals surface area contributed by atoms with Crippen molar-refractivity contribution in [3.8, 4) is 5.75 Å². The number of halogens is 2. The number of hydrogen-bond donors (Lipinski definition) is 1. The van der Waals surface area contributed by atoms with E-state index in [-0.39, 0.29) is 11.9 Å². The molecule has 0 aromatic heterocycles. The van der Waals surface area contributed by atoms with E-state index in [1.165, 1.54) is 7.11 Å². The largest absolute Gasteiger partial charge is 0.492 e. The summed E-state index contributed by atoms with van der Waals surface area (Å²) in [5.74, 6) is 0.294. The summed E-state index contributed by atoms with van der Waals surface area (Å²) in [7, 11) is 1.36. The highest BCUT2D eigenvalue weighted by Gasteiger charge is 2.05. The van der Waals surface area contributed by atoms with E-state index in [1.807, 2.05) is 0 Å². The van der Waals surface area contributed by atoms with E-state index >= 15 is 0 Å². The van der Waals surface area contributed by atoms with Gasteiger partial charge < -0.3 is 14.8 Å². The Morgan fingerprint density at radius 3 is 2.61 bits per heavy atom. The van der Waals surface area contributed by atoms with Crippen LogP contribution in [0, 0.1) is 0 Å². The zero-order valence-electron chi connectivity index (χ0n) is 13.1. The van der Waals surface area contributed by atoms with E-state index in [4.69, 9.17) is 27.9 Å². The van der Waals surface area contributed by atoms with E-state index in [0.717, 1.165) is 6.42 Å². The predicted molar refractivity (Wildman–Crippen MR) is 90.1 cm³/mol. The number of esters is 1. The van der Waals surface area contributed by atoms with E-state index in [2.05, 4.69) is 10.1 Å². The molecule has 0 saturated carbocycles. The second-order valence-corrected chi connectivity index (χ2v) is 5.75. The van der Waals surface area contributed by atoms with Crippen LogP contribution >= 0.6 is 23.2 Å². The Bertz CT molecular complexity index is 523. The molecule has 0 bridgehead atoms. The lowest BCUT2D eigenvalue weighted by Crippen LogP contribution is -2.24. The second kappa shape index (κ2) is 11.1. The van der Waals surface area contributed by atoms with Gasteiger partial charge in [-0.25, -0.2) is 0 Å². The first-order valence-electron chi connectivity index (χ1n) is 7.44. The fourth-order valence-corrected chi connectivity index (χ4v) is 2.28. The Hall–Kier alpha value is -1.46. The van der Waals surface area contributed by atoms with Gasteiger partial charge in [0.25, 0.3) is 0 Å². The number of carbonyl (C=O) groups is 2. The third-order valence-corrected chi connectivity index (χ3v) is 3.59. The normalized spacial score (nSPS) is 10.2. The number of unbranched alkanes of at least 4 members (excludes halogenated alkanes) is 1. The molecule has 5 nitrogen and oxygen atoms in total. The maximum Gasteiger partial charge on any atom is 0.305 e. The van der Waals surface area contributed by atoms with Gasteiger partial charge in [-0.15, -0.1) is 0 Å². The second-order valence-electron chi connectivity index (χ2n) is 4.91. The van der Waals surface area contributed by atoms with Crippen molar-refractivity contribution in [2.75, 3.05) is 20.3 Å². The molecular formula is C16H21Cl2NO4. The van der Waals surface area contributed by atoms with Crippen LogP contribution in [0.5, 0.6) is 5.75 Å². The molecule has 128 valence electrons. The van der Waals surface area contributed by atoms with Crippen molar-refractivity contribution < 1.29 is 19.1 Å². The lowest BCUT2D eigenvalue weighted by Gasteiger charge is -2.08. The van der Waals surface area contributed by atoms with Crippen LogP contribution in [0.25, 0.3) is 0 Å². The molecule has 0 aliphatic carbocycles. The molecule has 7 heteroatoms. The van der Waals surface area contributed by atoms with Gasteiger partial charge in [0, 0.05) is 24.4 Å². The first kappa shape index (κ1) is 19.6. The molecular weight excluding hydrogens is 341 g/mol. The Morgan fingerprint density at radius 2 is 1.91 bits per heavy atom. The fourth-order valence-electron chi connectivity index (χ4n) is 1.82. The lowest BCUT2D eigenvalue weighted by molar-refractivity contribution is -0.140. The third kappa shape index (κ3) is 8.67. The summed E-state index contributed by atoms with van der Waals surface area (Å²) in [4.78, 5) is 22.5. The number of benzene rings is 1. The molecule has 0 saturated heterocycles. The van der Waals surface area contributed by atoms with Crippen LogP contribution in [0.2, 0.25) is 10.0 Å². The summed E-state index contributed by atoms with van der Waals surface area (Å²) >= 11 is 11.8. The Balaban J connectivity index is 2.07. The maximum absolute atomic E-state index is 11.6. The van der Waals surface area contributed by atoms with Crippen molar-refractivity contribution in [1.29, 1.82) is 0 Å². The van der Waals surface area contributed by atoms with Crippen molar-refractivity contribution in [3.05, 3.63) is 28.2 Å². The van der Waals surface area contributed by atoms with Crippen molar-refractivity contribution in [1.82, 2.24) is 5.32 Å². The molecule has 0 unspecified atom stereocenters. The van der Waals surface area contributed by atoms with Crippen LogP contribution in [-0.2, 0) is 14.3 Å². The van der Waals surface area contributed by atoms with Gasteiger partial charge in [0.15, 0.2) is 0 Å². The highest BCUT2D eigenvalue weighted by molar-refractivity contribution is 6.35. The summed E-state index contributed by atoms with van der Waals surface area (Å²) in [6.07, 6.45) is 2.79.